The number of hydrogen-bond acceptors (Lipinski definition) is 6. The van der Waals surface area contributed by atoms with Crippen LogP contribution in [0.4, 0.5) is 5.69 Å². The molecule has 2 amide bonds. The third-order valence-electron chi connectivity index (χ3n) is 3.47. The maximum absolute atomic E-state index is 12.2. The minimum atomic E-state index is -0.703. The lowest BCUT2D eigenvalue weighted by molar-refractivity contribution is 0.0991. The van der Waals surface area contributed by atoms with Crippen molar-refractivity contribution in [3.05, 3.63) is 77.0 Å². The number of ether oxygens (including phenoxy) is 1. The predicted molar refractivity (Wildman–Crippen MR) is 98.5 cm³/mol. The number of pyridine rings is 1. The summed E-state index contributed by atoms with van der Waals surface area (Å²) in [4.78, 5) is 35.1. The van der Waals surface area contributed by atoms with Gasteiger partial charge in [0.25, 0.3) is 11.8 Å². The van der Waals surface area contributed by atoms with E-state index in [1.165, 1.54) is 18.6 Å². The number of hydrogen-bond donors (Lipinski definition) is 2. The molecule has 1 aromatic carbocycles. The van der Waals surface area contributed by atoms with Gasteiger partial charge in [-0.1, -0.05) is 11.6 Å². The van der Waals surface area contributed by atoms with Crippen LogP contribution in [0.2, 0.25) is 5.02 Å². The highest BCUT2D eigenvalue weighted by Crippen LogP contribution is 2.22. The monoisotopic (exact) mass is 383 g/mol. The molecule has 3 N–H and O–H groups in total. The van der Waals surface area contributed by atoms with Gasteiger partial charge < -0.3 is 15.8 Å². The first-order chi connectivity index (χ1) is 13.0. The second-order valence-corrected chi connectivity index (χ2v) is 5.80. The van der Waals surface area contributed by atoms with Crippen molar-refractivity contribution in [3.63, 3.8) is 0 Å². The number of aromatic nitrogens is 3. The molecular formula is C18H14ClN5O3. The van der Waals surface area contributed by atoms with Crippen LogP contribution in [0.5, 0.6) is 5.88 Å². The van der Waals surface area contributed by atoms with E-state index in [0.29, 0.717) is 21.8 Å². The van der Waals surface area contributed by atoms with Crippen LogP contribution in [0.25, 0.3) is 0 Å². The molecule has 2 heterocycles. The SMILES string of the molecule is NC(=O)c1cncc(OCc2cc(NC(=O)c3cccnc3)ccc2Cl)n1. The number of primary amides is 1. The average molecular weight is 384 g/mol. The van der Waals surface area contributed by atoms with Crippen LogP contribution in [0, 0.1) is 0 Å². The molecule has 0 radical (unpaired) electrons. The molecule has 3 aromatic rings. The number of rotatable bonds is 6. The Morgan fingerprint density at radius 2 is 2.00 bits per heavy atom. The summed E-state index contributed by atoms with van der Waals surface area (Å²) in [6.07, 6.45) is 5.66. The van der Waals surface area contributed by atoms with Crippen LogP contribution in [0.3, 0.4) is 0 Å². The number of halogens is 1. The van der Waals surface area contributed by atoms with Crippen molar-refractivity contribution in [2.24, 2.45) is 5.73 Å². The van der Waals surface area contributed by atoms with Gasteiger partial charge in [0.2, 0.25) is 5.88 Å². The Morgan fingerprint density at radius 1 is 1.15 bits per heavy atom. The fourth-order valence-corrected chi connectivity index (χ4v) is 2.32. The lowest BCUT2D eigenvalue weighted by Crippen LogP contribution is -2.14. The lowest BCUT2D eigenvalue weighted by atomic mass is 10.2. The van der Waals surface area contributed by atoms with Gasteiger partial charge in [-0.2, -0.15) is 0 Å². The number of amides is 2. The van der Waals surface area contributed by atoms with Crippen molar-refractivity contribution in [3.8, 4) is 5.88 Å². The molecule has 0 saturated carbocycles. The molecule has 136 valence electrons. The van der Waals surface area contributed by atoms with E-state index in [-0.39, 0.29) is 24.1 Å². The third-order valence-corrected chi connectivity index (χ3v) is 3.84. The quantitative estimate of drug-likeness (QED) is 0.674. The zero-order chi connectivity index (χ0) is 19.2. The molecule has 27 heavy (non-hydrogen) atoms. The molecule has 0 spiro atoms. The van der Waals surface area contributed by atoms with Crippen molar-refractivity contribution >= 4 is 29.1 Å². The number of nitrogens with zero attached hydrogens (tertiary/aromatic N) is 3. The van der Waals surface area contributed by atoms with Crippen LogP contribution >= 0.6 is 11.6 Å². The molecule has 0 aliphatic carbocycles. The second-order valence-electron chi connectivity index (χ2n) is 5.40. The van der Waals surface area contributed by atoms with Gasteiger partial charge in [0.15, 0.2) is 0 Å². The normalized spacial score (nSPS) is 10.3. The Labute approximate surface area is 159 Å². The summed E-state index contributed by atoms with van der Waals surface area (Å²) in [5.74, 6) is -0.865. The Bertz CT molecular complexity index is 982. The first-order valence-electron chi connectivity index (χ1n) is 7.77. The molecule has 0 fully saturated rings. The van der Waals surface area contributed by atoms with Gasteiger partial charge in [0, 0.05) is 28.7 Å². The maximum atomic E-state index is 12.2. The number of nitrogens with two attached hydrogens (primary N) is 1. The van der Waals surface area contributed by atoms with Crippen LogP contribution in [0.1, 0.15) is 26.4 Å². The number of nitrogens with one attached hydrogen (secondary N) is 1. The molecule has 2 aromatic heterocycles. The molecule has 0 aliphatic rings. The summed E-state index contributed by atoms with van der Waals surface area (Å²) in [5, 5.41) is 3.22. The summed E-state index contributed by atoms with van der Waals surface area (Å²) in [6.45, 7) is 0.0618. The van der Waals surface area contributed by atoms with Crippen LogP contribution < -0.4 is 15.8 Å². The highest BCUT2D eigenvalue weighted by atomic mass is 35.5. The Hall–Kier alpha value is -3.52. The van der Waals surface area contributed by atoms with Gasteiger partial charge in [0.1, 0.15) is 12.3 Å². The van der Waals surface area contributed by atoms with Crippen LogP contribution in [-0.2, 0) is 6.61 Å². The van der Waals surface area contributed by atoms with Gasteiger partial charge in [-0.15, -0.1) is 0 Å². The van der Waals surface area contributed by atoms with Crippen molar-refractivity contribution in [1.82, 2.24) is 15.0 Å². The van der Waals surface area contributed by atoms with Gasteiger partial charge >= 0.3 is 0 Å². The van der Waals surface area contributed by atoms with E-state index in [1.807, 2.05) is 0 Å². The van der Waals surface area contributed by atoms with Gasteiger partial charge in [-0.05, 0) is 30.3 Å². The predicted octanol–water partition coefficient (Wildman–Crippen LogP) is 2.46. The molecule has 9 heteroatoms. The molecule has 0 saturated heterocycles. The summed E-state index contributed by atoms with van der Waals surface area (Å²) < 4.78 is 5.52. The zero-order valence-electron chi connectivity index (χ0n) is 13.9. The highest BCUT2D eigenvalue weighted by molar-refractivity contribution is 6.31. The fraction of sp³-hybridized carbons (Fsp3) is 0.0556. The van der Waals surface area contributed by atoms with Crippen LogP contribution in [0.15, 0.2) is 55.1 Å². The van der Waals surface area contributed by atoms with E-state index >= 15 is 0 Å². The molecule has 0 unspecified atom stereocenters. The van der Waals surface area contributed by atoms with E-state index in [1.54, 1.807) is 36.5 Å². The minimum Gasteiger partial charge on any atom is -0.472 e. The minimum absolute atomic E-state index is 0.00363. The van der Waals surface area contributed by atoms with Crippen molar-refractivity contribution in [2.75, 3.05) is 5.32 Å². The number of carbonyl (C=O) groups is 2. The van der Waals surface area contributed by atoms with E-state index in [9.17, 15) is 9.59 Å². The topological polar surface area (TPSA) is 120 Å². The number of benzene rings is 1. The summed E-state index contributed by atoms with van der Waals surface area (Å²) in [5.41, 5.74) is 6.76. The molecule has 0 bridgehead atoms. The first-order valence-corrected chi connectivity index (χ1v) is 8.15. The Balaban J connectivity index is 1.71. The van der Waals surface area contributed by atoms with E-state index in [0.717, 1.165) is 0 Å². The number of anilines is 1. The first kappa shape index (κ1) is 18.3. The summed E-state index contributed by atoms with van der Waals surface area (Å²) >= 11 is 6.18. The molecule has 0 atom stereocenters. The molecule has 3 rings (SSSR count). The van der Waals surface area contributed by atoms with Gasteiger partial charge in [-0.3, -0.25) is 19.6 Å². The second kappa shape index (κ2) is 8.24. The fourth-order valence-electron chi connectivity index (χ4n) is 2.15. The smallest absolute Gasteiger partial charge is 0.269 e. The highest BCUT2D eigenvalue weighted by Gasteiger charge is 2.10. The molecule has 8 nitrogen and oxygen atoms in total. The van der Waals surface area contributed by atoms with E-state index in [4.69, 9.17) is 22.1 Å². The van der Waals surface area contributed by atoms with Crippen LogP contribution in [-0.4, -0.2) is 26.8 Å². The van der Waals surface area contributed by atoms with Crippen molar-refractivity contribution < 1.29 is 14.3 Å². The summed E-state index contributed by atoms with van der Waals surface area (Å²) in [6, 6.07) is 8.34. The van der Waals surface area contributed by atoms with Gasteiger partial charge in [0.05, 0.1) is 18.0 Å². The standard InChI is InChI=1S/C18H14ClN5O3/c19-14-4-3-13(23-18(26)11-2-1-5-21-7-11)6-12(14)10-27-16-9-22-8-15(24-16)17(20)25/h1-9H,10H2,(H2,20,25)(H,23,26). The Morgan fingerprint density at radius 3 is 2.74 bits per heavy atom. The lowest BCUT2D eigenvalue weighted by Gasteiger charge is -2.10. The zero-order valence-corrected chi connectivity index (χ0v) is 14.7. The summed E-state index contributed by atoms with van der Waals surface area (Å²) in [7, 11) is 0. The largest absolute Gasteiger partial charge is 0.472 e. The van der Waals surface area contributed by atoms with Crippen molar-refractivity contribution in [2.45, 2.75) is 6.61 Å². The molecular weight excluding hydrogens is 370 g/mol. The van der Waals surface area contributed by atoms with E-state index < -0.39 is 5.91 Å². The third kappa shape index (κ3) is 4.77. The maximum Gasteiger partial charge on any atom is 0.269 e. The average Bonchev–Trinajstić information content (AvgIpc) is 2.69. The Kier molecular flexibility index (Phi) is 5.58. The van der Waals surface area contributed by atoms with Gasteiger partial charge in [-0.25, -0.2) is 4.98 Å². The van der Waals surface area contributed by atoms with E-state index in [2.05, 4.69) is 20.3 Å². The van der Waals surface area contributed by atoms with Crippen molar-refractivity contribution in [1.29, 1.82) is 0 Å². The number of carbonyl (C=O) groups excluding carboxylic acids is 2. The molecule has 0 aliphatic heterocycles.